The first-order chi connectivity index (χ1) is 12.5. The summed E-state index contributed by atoms with van der Waals surface area (Å²) in [6.45, 7) is 8.60. The molecule has 0 radical (unpaired) electrons. The van der Waals surface area contributed by atoms with Gasteiger partial charge in [-0.15, -0.1) is 0 Å². The van der Waals surface area contributed by atoms with Gasteiger partial charge in [-0.2, -0.15) is 0 Å². The van der Waals surface area contributed by atoms with Crippen LogP contribution in [-0.2, 0) is 12.8 Å². The van der Waals surface area contributed by atoms with Gasteiger partial charge in [0, 0.05) is 30.4 Å². The Labute approximate surface area is 153 Å². The molecule has 0 aromatic carbocycles. The Morgan fingerprint density at radius 2 is 1.96 bits per heavy atom. The van der Waals surface area contributed by atoms with E-state index in [-0.39, 0.29) is 17.5 Å². The largest absolute Gasteiger partial charge is 0.337 e. The van der Waals surface area contributed by atoms with Gasteiger partial charge in [-0.25, -0.2) is 4.98 Å². The van der Waals surface area contributed by atoms with E-state index in [4.69, 9.17) is 0 Å². The number of hydrogen-bond acceptors (Lipinski definition) is 3. The SMILES string of the molecule is CC.CC1=CCCc2[nH]c(C(=O)N3CCc4[nH]c(=O)ccc4C3C)nc21. The molecule has 138 valence electrons. The quantitative estimate of drug-likeness (QED) is 0.825. The summed E-state index contributed by atoms with van der Waals surface area (Å²) in [7, 11) is 0. The zero-order chi connectivity index (χ0) is 18.8. The van der Waals surface area contributed by atoms with Gasteiger partial charge in [-0.1, -0.05) is 19.9 Å². The fourth-order valence-electron chi connectivity index (χ4n) is 3.68. The molecule has 0 saturated carbocycles. The molecule has 2 N–H and O–H groups in total. The summed E-state index contributed by atoms with van der Waals surface area (Å²) >= 11 is 0. The first-order valence-corrected chi connectivity index (χ1v) is 9.33. The summed E-state index contributed by atoms with van der Waals surface area (Å²) in [6.07, 6.45) is 4.69. The highest BCUT2D eigenvalue weighted by Gasteiger charge is 2.31. The number of imidazole rings is 1. The van der Waals surface area contributed by atoms with Crippen LogP contribution in [0, 0.1) is 0 Å². The Hall–Kier alpha value is -2.63. The topological polar surface area (TPSA) is 81.9 Å². The van der Waals surface area contributed by atoms with Crippen molar-refractivity contribution in [2.75, 3.05) is 6.54 Å². The summed E-state index contributed by atoms with van der Waals surface area (Å²) in [5.41, 5.74) is 4.92. The normalized spacial score (nSPS) is 18.2. The van der Waals surface area contributed by atoms with Crippen molar-refractivity contribution in [2.45, 2.75) is 53.0 Å². The fourth-order valence-corrected chi connectivity index (χ4v) is 3.68. The molecule has 26 heavy (non-hydrogen) atoms. The zero-order valence-corrected chi connectivity index (χ0v) is 15.8. The average Bonchev–Trinajstić information content (AvgIpc) is 3.09. The van der Waals surface area contributed by atoms with Crippen molar-refractivity contribution >= 4 is 11.5 Å². The molecular weight excluding hydrogens is 328 g/mol. The number of carbonyl (C=O) groups excluding carboxylic acids is 1. The maximum absolute atomic E-state index is 13.0. The first kappa shape index (κ1) is 18.2. The summed E-state index contributed by atoms with van der Waals surface area (Å²) < 4.78 is 0. The minimum Gasteiger partial charge on any atom is -0.337 e. The van der Waals surface area contributed by atoms with Crippen LogP contribution in [0.5, 0.6) is 0 Å². The van der Waals surface area contributed by atoms with Crippen LogP contribution < -0.4 is 5.56 Å². The third-order valence-corrected chi connectivity index (χ3v) is 5.02. The molecule has 1 amide bonds. The van der Waals surface area contributed by atoms with Crippen molar-refractivity contribution in [1.29, 1.82) is 0 Å². The van der Waals surface area contributed by atoms with Crippen molar-refractivity contribution in [3.63, 3.8) is 0 Å². The van der Waals surface area contributed by atoms with Crippen molar-refractivity contribution in [3.8, 4) is 0 Å². The number of nitrogens with zero attached hydrogens (tertiary/aromatic N) is 2. The van der Waals surface area contributed by atoms with E-state index in [9.17, 15) is 9.59 Å². The van der Waals surface area contributed by atoms with E-state index in [1.165, 1.54) is 6.07 Å². The monoisotopic (exact) mass is 354 g/mol. The molecule has 6 nitrogen and oxygen atoms in total. The number of amides is 1. The molecule has 0 fully saturated rings. The lowest BCUT2D eigenvalue weighted by Crippen LogP contribution is -2.40. The van der Waals surface area contributed by atoms with E-state index in [1.807, 2.05) is 38.7 Å². The number of aromatic nitrogens is 3. The van der Waals surface area contributed by atoms with Crippen LogP contribution in [0.1, 0.15) is 73.4 Å². The predicted molar refractivity (Wildman–Crippen MR) is 102 cm³/mol. The van der Waals surface area contributed by atoms with Crippen LogP contribution >= 0.6 is 0 Å². The molecule has 0 saturated heterocycles. The van der Waals surface area contributed by atoms with Crippen LogP contribution in [-0.4, -0.2) is 32.3 Å². The van der Waals surface area contributed by atoms with Gasteiger partial charge in [0.25, 0.3) is 5.91 Å². The van der Waals surface area contributed by atoms with Gasteiger partial charge in [0.1, 0.15) is 0 Å². The molecule has 2 aromatic heterocycles. The number of nitrogens with one attached hydrogen (secondary N) is 2. The molecule has 1 unspecified atom stereocenters. The fraction of sp³-hybridized carbons (Fsp3) is 0.450. The van der Waals surface area contributed by atoms with Crippen molar-refractivity contribution in [3.05, 3.63) is 57.0 Å². The predicted octanol–water partition coefficient (Wildman–Crippen LogP) is 3.23. The molecule has 4 rings (SSSR count). The average molecular weight is 354 g/mol. The van der Waals surface area contributed by atoms with Gasteiger partial charge in [-0.05, 0) is 43.9 Å². The second kappa shape index (κ2) is 7.32. The van der Waals surface area contributed by atoms with E-state index < -0.39 is 0 Å². The van der Waals surface area contributed by atoms with E-state index in [1.54, 1.807) is 0 Å². The molecule has 6 heteroatoms. The number of allylic oxidation sites excluding steroid dienone is 2. The maximum atomic E-state index is 13.0. The third kappa shape index (κ3) is 3.11. The Morgan fingerprint density at radius 3 is 2.69 bits per heavy atom. The Kier molecular flexibility index (Phi) is 5.11. The van der Waals surface area contributed by atoms with Crippen LogP contribution in [0.4, 0.5) is 0 Å². The third-order valence-electron chi connectivity index (χ3n) is 5.02. The number of carbonyl (C=O) groups is 1. The highest BCUT2D eigenvalue weighted by molar-refractivity contribution is 5.92. The number of aryl methyl sites for hydroxylation is 1. The number of fused-ring (bicyclic) bond motifs is 2. The molecule has 1 aliphatic carbocycles. The lowest BCUT2D eigenvalue weighted by atomic mass is 9.98. The lowest BCUT2D eigenvalue weighted by molar-refractivity contribution is 0.0664. The lowest BCUT2D eigenvalue weighted by Gasteiger charge is -2.34. The minimum atomic E-state index is -0.0956. The van der Waals surface area contributed by atoms with E-state index in [0.29, 0.717) is 18.8 Å². The number of rotatable bonds is 1. The van der Waals surface area contributed by atoms with E-state index >= 15 is 0 Å². The summed E-state index contributed by atoms with van der Waals surface area (Å²) in [5, 5.41) is 0. The van der Waals surface area contributed by atoms with Crippen LogP contribution in [0.25, 0.3) is 5.57 Å². The summed E-state index contributed by atoms with van der Waals surface area (Å²) in [5.74, 6) is 0.330. The molecule has 0 bridgehead atoms. The smallest absolute Gasteiger partial charge is 0.290 e. The van der Waals surface area contributed by atoms with Crippen LogP contribution in [0.15, 0.2) is 23.0 Å². The standard InChI is InChI=1S/C18H20N4O2.C2H6/c1-10-4-3-5-14-16(10)21-17(20-14)18(24)22-9-8-13-12(11(22)2)6-7-15(23)19-13;1-2/h4,6-7,11H,3,5,8-9H2,1-2H3,(H,19,23)(H,20,21);1-2H3. The highest BCUT2D eigenvalue weighted by atomic mass is 16.2. The zero-order valence-electron chi connectivity index (χ0n) is 15.8. The van der Waals surface area contributed by atoms with Gasteiger partial charge in [-0.3, -0.25) is 9.59 Å². The number of aromatic amines is 2. The number of H-pyrrole nitrogens is 2. The molecule has 0 spiro atoms. The Morgan fingerprint density at radius 1 is 1.19 bits per heavy atom. The molecular formula is C20H26N4O2. The molecule has 2 aliphatic rings. The van der Waals surface area contributed by atoms with Gasteiger partial charge in [0.2, 0.25) is 5.56 Å². The maximum Gasteiger partial charge on any atom is 0.290 e. The van der Waals surface area contributed by atoms with Crippen molar-refractivity contribution in [2.24, 2.45) is 0 Å². The second-order valence-corrected chi connectivity index (χ2v) is 6.52. The van der Waals surface area contributed by atoms with E-state index in [2.05, 4.69) is 21.0 Å². The molecule has 3 heterocycles. The van der Waals surface area contributed by atoms with Gasteiger partial charge >= 0.3 is 0 Å². The molecule has 2 aromatic rings. The Bertz CT molecular complexity index is 907. The minimum absolute atomic E-state index is 0.0819. The van der Waals surface area contributed by atoms with Gasteiger partial charge in [0.05, 0.1) is 11.7 Å². The Balaban J connectivity index is 0.000000948. The van der Waals surface area contributed by atoms with Crippen molar-refractivity contribution < 1.29 is 4.79 Å². The summed E-state index contributed by atoms with van der Waals surface area (Å²) in [6, 6.07) is 3.25. The van der Waals surface area contributed by atoms with Gasteiger partial charge in [0.15, 0.2) is 5.82 Å². The number of hydrogen-bond donors (Lipinski definition) is 2. The molecule has 1 atom stereocenters. The van der Waals surface area contributed by atoms with Crippen LogP contribution in [0.3, 0.4) is 0 Å². The van der Waals surface area contributed by atoms with Crippen LogP contribution in [0.2, 0.25) is 0 Å². The molecule has 1 aliphatic heterocycles. The second-order valence-electron chi connectivity index (χ2n) is 6.52. The van der Waals surface area contributed by atoms with Crippen molar-refractivity contribution in [1.82, 2.24) is 19.9 Å². The van der Waals surface area contributed by atoms with Gasteiger partial charge < -0.3 is 14.9 Å². The first-order valence-electron chi connectivity index (χ1n) is 9.33. The van der Waals surface area contributed by atoms with E-state index in [0.717, 1.165) is 41.1 Å². The summed E-state index contributed by atoms with van der Waals surface area (Å²) in [4.78, 5) is 36.9. The number of pyridine rings is 1. The highest BCUT2D eigenvalue weighted by Crippen LogP contribution is 2.29.